The lowest BCUT2D eigenvalue weighted by atomic mass is 9.79. The maximum Gasteiger partial charge on any atom is 0.337 e. The van der Waals surface area contributed by atoms with Crippen molar-refractivity contribution >= 4 is 23.3 Å². The molecular weight excluding hydrogens is 331 g/mol. The summed E-state index contributed by atoms with van der Waals surface area (Å²) in [7, 11) is 1.28. The number of halogens is 2. The Labute approximate surface area is 144 Å². The summed E-state index contributed by atoms with van der Waals surface area (Å²) in [5, 5.41) is 11.1. The van der Waals surface area contributed by atoms with Crippen LogP contribution in [0.25, 0.3) is 5.76 Å². The van der Waals surface area contributed by atoms with Crippen molar-refractivity contribution < 1.29 is 19.0 Å². The zero-order valence-corrected chi connectivity index (χ0v) is 13.8. The maximum absolute atomic E-state index is 13.1. The van der Waals surface area contributed by atoms with Gasteiger partial charge in [0.15, 0.2) is 0 Å². The molecule has 5 heteroatoms. The Morgan fingerprint density at radius 2 is 2.00 bits per heavy atom. The summed E-state index contributed by atoms with van der Waals surface area (Å²) in [6.45, 7) is 0. The number of rotatable bonds is 3. The third-order valence-corrected chi connectivity index (χ3v) is 4.49. The number of hydrogen-bond acceptors (Lipinski definition) is 3. The molecule has 0 aromatic heterocycles. The van der Waals surface area contributed by atoms with E-state index in [1.54, 1.807) is 24.3 Å². The summed E-state index contributed by atoms with van der Waals surface area (Å²) in [4.78, 5) is 12.2. The fourth-order valence-electron chi connectivity index (χ4n) is 3.11. The molecule has 0 radical (unpaired) electrons. The van der Waals surface area contributed by atoms with Gasteiger partial charge in [0.2, 0.25) is 0 Å². The van der Waals surface area contributed by atoms with Crippen molar-refractivity contribution in [3.05, 3.63) is 75.6 Å². The third kappa shape index (κ3) is 3.15. The molecule has 124 valence electrons. The molecule has 3 nitrogen and oxygen atoms in total. The van der Waals surface area contributed by atoms with Crippen LogP contribution in [0.4, 0.5) is 4.39 Å². The molecule has 0 amide bonds. The predicted molar refractivity (Wildman–Crippen MR) is 90.3 cm³/mol. The van der Waals surface area contributed by atoms with Crippen molar-refractivity contribution in [3.8, 4) is 0 Å². The Hall–Kier alpha value is -2.33. The molecular formula is C19H16ClFO3. The topological polar surface area (TPSA) is 46.5 Å². The Morgan fingerprint density at radius 1 is 1.29 bits per heavy atom. The van der Waals surface area contributed by atoms with Gasteiger partial charge in [-0.25, -0.2) is 9.18 Å². The second kappa shape index (κ2) is 6.65. The van der Waals surface area contributed by atoms with E-state index in [-0.39, 0.29) is 23.1 Å². The van der Waals surface area contributed by atoms with Gasteiger partial charge >= 0.3 is 5.97 Å². The Balaban J connectivity index is 2.02. The normalized spacial score (nSPS) is 16.7. The van der Waals surface area contributed by atoms with Gasteiger partial charge in [-0.05, 0) is 48.2 Å². The Morgan fingerprint density at radius 3 is 2.67 bits per heavy atom. The average Bonchev–Trinajstić information content (AvgIpc) is 2.57. The second-order valence-electron chi connectivity index (χ2n) is 5.79. The smallest absolute Gasteiger partial charge is 0.337 e. The summed E-state index contributed by atoms with van der Waals surface area (Å²) >= 11 is 6.00. The molecule has 0 saturated heterocycles. The van der Waals surface area contributed by atoms with E-state index < -0.39 is 5.97 Å². The Bertz CT molecular complexity index is 812. The minimum atomic E-state index is -0.565. The zero-order chi connectivity index (χ0) is 17.3. The van der Waals surface area contributed by atoms with E-state index in [9.17, 15) is 14.3 Å². The number of carbonyl (C=O) groups is 1. The number of aliphatic hydroxyl groups excluding tert-OH is 1. The van der Waals surface area contributed by atoms with E-state index in [4.69, 9.17) is 16.3 Å². The van der Waals surface area contributed by atoms with Gasteiger partial charge in [-0.2, -0.15) is 0 Å². The first-order valence-corrected chi connectivity index (χ1v) is 7.92. The Kier molecular flexibility index (Phi) is 4.58. The molecule has 2 aromatic carbocycles. The van der Waals surface area contributed by atoms with E-state index in [0.29, 0.717) is 23.4 Å². The summed E-state index contributed by atoms with van der Waals surface area (Å²) in [5.74, 6) is -1.23. The van der Waals surface area contributed by atoms with Crippen molar-refractivity contribution in [2.75, 3.05) is 7.11 Å². The second-order valence-corrected chi connectivity index (χ2v) is 6.22. The standard InChI is InChI=1S/C19H16ClFO3/c1-24-19(23)17-13(8-11-2-6-15(21)7-3-11)9-12-4-5-14(20)10-16(12)18(17)22/h2-7,10,13,22H,8-9H2,1H3. The predicted octanol–water partition coefficient (Wildman–Crippen LogP) is 4.34. The van der Waals surface area contributed by atoms with Crippen molar-refractivity contribution in [1.29, 1.82) is 0 Å². The lowest BCUT2D eigenvalue weighted by molar-refractivity contribution is -0.136. The molecule has 0 heterocycles. The van der Waals surface area contributed by atoms with Crippen molar-refractivity contribution in [2.24, 2.45) is 5.92 Å². The highest BCUT2D eigenvalue weighted by Crippen LogP contribution is 2.37. The molecule has 0 aliphatic heterocycles. The number of ether oxygens (including phenoxy) is 1. The van der Waals surface area contributed by atoms with E-state index in [1.807, 2.05) is 6.07 Å². The monoisotopic (exact) mass is 346 g/mol. The average molecular weight is 347 g/mol. The molecule has 1 N–H and O–H groups in total. The number of fused-ring (bicyclic) bond motifs is 1. The molecule has 0 bridgehead atoms. The van der Waals surface area contributed by atoms with Crippen LogP contribution in [0.1, 0.15) is 16.7 Å². The van der Waals surface area contributed by atoms with Gasteiger partial charge in [0.05, 0.1) is 12.7 Å². The molecule has 0 saturated carbocycles. The largest absolute Gasteiger partial charge is 0.507 e. The van der Waals surface area contributed by atoms with Crippen LogP contribution in [0.3, 0.4) is 0 Å². The van der Waals surface area contributed by atoms with Gasteiger partial charge in [0, 0.05) is 16.5 Å². The molecule has 2 aromatic rings. The summed E-state index contributed by atoms with van der Waals surface area (Å²) in [5.41, 5.74) is 2.58. The highest BCUT2D eigenvalue weighted by molar-refractivity contribution is 6.30. The molecule has 1 aliphatic carbocycles. The van der Waals surface area contributed by atoms with Gasteiger partial charge in [0.1, 0.15) is 11.6 Å². The minimum Gasteiger partial charge on any atom is -0.507 e. The van der Waals surface area contributed by atoms with Gasteiger partial charge in [0.25, 0.3) is 0 Å². The number of aliphatic hydroxyl groups is 1. The van der Waals surface area contributed by atoms with Crippen molar-refractivity contribution in [2.45, 2.75) is 12.8 Å². The van der Waals surface area contributed by atoms with Crippen LogP contribution in [-0.2, 0) is 22.4 Å². The lowest BCUT2D eigenvalue weighted by Gasteiger charge is -2.27. The number of benzene rings is 2. The van der Waals surface area contributed by atoms with Crippen LogP contribution >= 0.6 is 11.6 Å². The van der Waals surface area contributed by atoms with E-state index in [0.717, 1.165) is 11.1 Å². The van der Waals surface area contributed by atoms with E-state index in [2.05, 4.69) is 0 Å². The molecule has 1 unspecified atom stereocenters. The van der Waals surface area contributed by atoms with Gasteiger partial charge in [-0.15, -0.1) is 0 Å². The maximum atomic E-state index is 13.1. The quantitative estimate of drug-likeness (QED) is 0.841. The first-order valence-electron chi connectivity index (χ1n) is 7.54. The number of carbonyl (C=O) groups excluding carboxylic acids is 1. The molecule has 24 heavy (non-hydrogen) atoms. The fourth-order valence-corrected chi connectivity index (χ4v) is 3.28. The first-order chi connectivity index (χ1) is 11.5. The molecule has 1 aliphatic rings. The van der Waals surface area contributed by atoms with Gasteiger partial charge in [-0.1, -0.05) is 29.8 Å². The van der Waals surface area contributed by atoms with Gasteiger partial charge < -0.3 is 9.84 Å². The fraction of sp³-hybridized carbons (Fsp3) is 0.211. The molecule has 0 spiro atoms. The molecule has 0 fully saturated rings. The van der Waals surface area contributed by atoms with Crippen molar-refractivity contribution in [3.63, 3.8) is 0 Å². The van der Waals surface area contributed by atoms with Crippen LogP contribution < -0.4 is 0 Å². The SMILES string of the molecule is COC(=O)C1=C(O)c2cc(Cl)ccc2CC1Cc1ccc(F)cc1. The number of methoxy groups -OCH3 is 1. The summed E-state index contributed by atoms with van der Waals surface area (Å²) in [6, 6.07) is 11.4. The van der Waals surface area contributed by atoms with Crippen LogP contribution in [0.15, 0.2) is 48.0 Å². The van der Waals surface area contributed by atoms with Gasteiger partial charge in [-0.3, -0.25) is 0 Å². The van der Waals surface area contributed by atoms with Crippen molar-refractivity contribution in [1.82, 2.24) is 0 Å². The third-order valence-electron chi connectivity index (χ3n) is 4.26. The van der Waals surface area contributed by atoms with E-state index in [1.165, 1.54) is 19.2 Å². The first kappa shape index (κ1) is 16.5. The number of esters is 1. The highest BCUT2D eigenvalue weighted by atomic mass is 35.5. The molecule has 3 rings (SSSR count). The number of hydrogen-bond donors (Lipinski definition) is 1. The van der Waals surface area contributed by atoms with E-state index >= 15 is 0 Å². The highest BCUT2D eigenvalue weighted by Gasteiger charge is 2.32. The van der Waals surface area contributed by atoms with Crippen LogP contribution in [0.5, 0.6) is 0 Å². The van der Waals surface area contributed by atoms with Crippen LogP contribution in [0, 0.1) is 11.7 Å². The lowest BCUT2D eigenvalue weighted by Crippen LogP contribution is -2.25. The zero-order valence-electron chi connectivity index (χ0n) is 13.1. The summed E-state index contributed by atoms with van der Waals surface area (Å²) in [6.07, 6.45) is 1.06. The van der Waals surface area contributed by atoms with Crippen LogP contribution in [-0.4, -0.2) is 18.2 Å². The summed E-state index contributed by atoms with van der Waals surface area (Å²) < 4.78 is 17.9. The minimum absolute atomic E-state index is 0.0993. The van der Waals surface area contributed by atoms with Crippen LogP contribution in [0.2, 0.25) is 5.02 Å². The molecule has 1 atom stereocenters.